The summed E-state index contributed by atoms with van der Waals surface area (Å²) in [4.78, 5) is 0. The highest BCUT2D eigenvalue weighted by molar-refractivity contribution is 9.10. The molecule has 15 heavy (non-hydrogen) atoms. The summed E-state index contributed by atoms with van der Waals surface area (Å²) in [7, 11) is 0. The van der Waals surface area contributed by atoms with Gasteiger partial charge in [0.05, 0.1) is 6.61 Å². The fourth-order valence-corrected chi connectivity index (χ4v) is 1.83. The number of aliphatic hydroxyl groups is 1. The zero-order valence-corrected chi connectivity index (χ0v) is 9.70. The van der Waals surface area contributed by atoms with E-state index < -0.39 is 0 Å². The molecule has 1 N–H and O–H groups in total. The Kier molecular flexibility index (Phi) is 3.23. The predicted molar refractivity (Wildman–Crippen MR) is 64.2 cm³/mol. The van der Waals surface area contributed by atoms with Crippen LogP contribution >= 0.6 is 15.9 Å². The van der Waals surface area contributed by atoms with Gasteiger partial charge in [0.1, 0.15) is 12.4 Å². The number of halogens is 1. The summed E-state index contributed by atoms with van der Waals surface area (Å²) in [6.07, 6.45) is 0. The SMILES string of the molecule is OCCOc1ccc2cc(Br)ccc2c1. The monoisotopic (exact) mass is 266 g/mol. The topological polar surface area (TPSA) is 29.5 Å². The molecule has 0 saturated carbocycles. The fraction of sp³-hybridized carbons (Fsp3) is 0.167. The van der Waals surface area contributed by atoms with Crippen molar-refractivity contribution in [1.29, 1.82) is 0 Å². The van der Waals surface area contributed by atoms with Crippen LogP contribution in [0.3, 0.4) is 0 Å². The quantitative estimate of drug-likeness (QED) is 0.926. The molecule has 3 heteroatoms. The van der Waals surface area contributed by atoms with Gasteiger partial charge in [-0.25, -0.2) is 0 Å². The van der Waals surface area contributed by atoms with E-state index in [-0.39, 0.29) is 6.61 Å². The van der Waals surface area contributed by atoms with E-state index in [4.69, 9.17) is 9.84 Å². The molecule has 0 aromatic heterocycles. The standard InChI is InChI=1S/C12H11BrO2/c13-11-3-1-10-8-12(15-6-5-14)4-2-9(10)7-11/h1-4,7-8,14H,5-6H2. The first-order valence-electron chi connectivity index (χ1n) is 4.72. The van der Waals surface area contributed by atoms with Crippen LogP contribution in [0.15, 0.2) is 40.9 Å². The van der Waals surface area contributed by atoms with Crippen LogP contribution in [0, 0.1) is 0 Å². The van der Waals surface area contributed by atoms with Gasteiger partial charge in [-0.05, 0) is 35.0 Å². The molecule has 0 aliphatic heterocycles. The van der Waals surface area contributed by atoms with Crippen molar-refractivity contribution in [1.82, 2.24) is 0 Å². The number of hydrogen-bond acceptors (Lipinski definition) is 2. The van der Waals surface area contributed by atoms with Gasteiger partial charge < -0.3 is 9.84 Å². The van der Waals surface area contributed by atoms with Crippen molar-refractivity contribution < 1.29 is 9.84 Å². The van der Waals surface area contributed by atoms with E-state index >= 15 is 0 Å². The third-order valence-corrected chi connectivity index (χ3v) is 2.63. The highest BCUT2D eigenvalue weighted by Crippen LogP contribution is 2.23. The van der Waals surface area contributed by atoms with Gasteiger partial charge in [0.15, 0.2) is 0 Å². The van der Waals surface area contributed by atoms with E-state index in [0.29, 0.717) is 6.61 Å². The molecule has 0 heterocycles. The second-order valence-electron chi connectivity index (χ2n) is 3.23. The fourth-order valence-electron chi connectivity index (χ4n) is 1.45. The average molecular weight is 267 g/mol. The molecule has 0 bridgehead atoms. The van der Waals surface area contributed by atoms with Gasteiger partial charge in [0, 0.05) is 4.47 Å². The Morgan fingerprint density at radius 3 is 2.60 bits per heavy atom. The second kappa shape index (κ2) is 4.64. The van der Waals surface area contributed by atoms with Gasteiger partial charge in [-0.3, -0.25) is 0 Å². The van der Waals surface area contributed by atoms with E-state index in [9.17, 15) is 0 Å². The molecule has 2 aromatic carbocycles. The first kappa shape index (κ1) is 10.5. The van der Waals surface area contributed by atoms with E-state index in [0.717, 1.165) is 15.6 Å². The number of ether oxygens (including phenoxy) is 1. The maximum Gasteiger partial charge on any atom is 0.120 e. The van der Waals surface area contributed by atoms with Crippen LogP contribution in [0.4, 0.5) is 0 Å². The van der Waals surface area contributed by atoms with Gasteiger partial charge >= 0.3 is 0 Å². The lowest BCUT2D eigenvalue weighted by Gasteiger charge is -2.05. The molecule has 0 atom stereocenters. The van der Waals surface area contributed by atoms with Crippen molar-refractivity contribution in [3.63, 3.8) is 0 Å². The third kappa shape index (κ3) is 2.49. The maximum atomic E-state index is 8.65. The smallest absolute Gasteiger partial charge is 0.120 e. The van der Waals surface area contributed by atoms with Gasteiger partial charge in [-0.2, -0.15) is 0 Å². The minimum absolute atomic E-state index is 0.0401. The molecule has 0 spiro atoms. The minimum atomic E-state index is 0.0401. The van der Waals surface area contributed by atoms with Gasteiger partial charge in [0.2, 0.25) is 0 Å². The summed E-state index contributed by atoms with van der Waals surface area (Å²) < 4.78 is 6.40. The molecule has 2 aromatic rings. The van der Waals surface area contributed by atoms with Gasteiger partial charge in [-0.1, -0.05) is 28.1 Å². The Bertz CT molecular complexity index is 468. The van der Waals surface area contributed by atoms with E-state index in [1.54, 1.807) is 0 Å². The number of rotatable bonds is 3. The van der Waals surface area contributed by atoms with Crippen molar-refractivity contribution >= 4 is 26.7 Å². The van der Waals surface area contributed by atoms with Crippen LogP contribution in [0.5, 0.6) is 5.75 Å². The van der Waals surface area contributed by atoms with Crippen LogP contribution in [0.25, 0.3) is 10.8 Å². The summed E-state index contributed by atoms with van der Waals surface area (Å²) in [6, 6.07) is 12.0. The normalized spacial score (nSPS) is 10.5. The lowest BCUT2D eigenvalue weighted by molar-refractivity contribution is 0.201. The van der Waals surface area contributed by atoms with Crippen LogP contribution in [0.1, 0.15) is 0 Å². The number of fused-ring (bicyclic) bond motifs is 1. The zero-order chi connectivity index (χ0) is 10.7. The van der Waals surface area contributed by atoms with E-state index in [1.807, 2.05) is 30.3 Å². The first-order chi connectivity index (χ1) is 7.29. The summed E-state index contributed by atoms with van der Waals surface area (Å²) in [6.45, 7) is 0.375. The zero-order valence-electron chi connectivity index (χ0n) is 8.11. The number of aliphatic hydroxyl groups excluding tert-OH is 1. The molecule has 2 nitrogen and oxygen atoms in total. The van der Waals surface area contributed by atoms with Gasteiger partial charge in [-0.15, -0.1) is 0 Å². The lowest BCUT2D eigenvalue weighted by atomic mass is 10.1. The summed E-state index contributed by atoms with van der Waals surface area (Å²) in [5, 5.41) is 10.9. The molecule has 0 aliphatic carbocycles. The molecule has 78 valence electrons. The minimum Gasteiger partial charge on any atom is -0.491 e. The Balaban J connectivity index is 2.34. The molecular weight excluding hydrogens is 256 g/mol. The largest absolute Gasteiger partial charge is 0.491 e. The number of hydrogen-bond donors (Lipinski definition) is 1. The average Bonchev–Trinajstić information content (AvgIpc) is 2.26. The Morgan fingerprint density at radius 2 is 1.80 bits per heavy atom. The van der Waals surface area contributed by atoms with Crippen LogP contribution < -0.4 is 4.74 Å². The van der Waals surface area contributed by atoms with Crippen molar-refractivity contribution in [2.45, 2.75) is 0 Å². The molecule has 0 unspecified atom stereocenters. The molecule has 0 radical (unpaired) electrons. The van der Waals surface area contributed by atoms with Crippen LogP contribution in [0.2, 0.25) is 0 Å². The summed E-state index contributed by atoms with van der Waals surface area (Å²) in [5.41, 5.74) is 0. The lowest BCUT2D eigenvalue weighted by Crippen LogP contribution is -2.01. The summed E-state index contributed by atoms with van der Waals surface area (Å²) in [5.74, 6) is 0.791. The molecule has 0 fully saturated rings. The molecular formula is C12H11BrO2. The highest BCUT2D eigenvalue weighted by atomic mass is 79.9. The van der Waals surface area contributed by atoms with E-state index in [2.05, 4.69) is 22.0 Å². The Morgan fingerprint density at radius 1 is 1.07 bits per heavy atom. The van der Waals surface area contributed by atoms with Gasteiger partial charge in [0.25, 0.3) is 0 Å². The number of benzene rings is 2. The second-order valence-corrected chi connectivity index (χ2v) is 4.14. The third-order valence-electron chi connectivity index (χ3n) is 2.13. The van der Waals surface area contributed by atoms with Crippen LogP contribution in [-0.4, -0.2) is 18.3 Å². The molecule has 0 amide bonds. The van der Waals surface area contributed by atoms with Crippen molar-refractivity contribution in [2.75, 3.05) is 13.2 Å². The molecule has 0 aliphatic rings. The van der Waals surface area contributed by atoms with Crippen molar-refractivity contribution in [3.8, 4) is 5.75 Å². The van der Waals surface area contributed by atoms with Crippen LogP contribution in [-0.2, 0) is 0 Å². The predicted octanol–water partition coefficient (Wildman–Crippen LogP) is 2.97. The highest BCUT2D eigenvalue weighted by Gasteiger charge is 1.97. The summed E-state index contributed by atoms with van der Waals surface area (Å²) >= 11 is 3.43. The molecule has 2 rings (SSSR count). The maximum absolute atomic E-state index is 8.65. The first-order valence-corrected chi connectivity index (χ1v) is 5.52. The Hall–Kier alpha value is -1.06. The Labute approximate surface area is 96.6 Å². The molecule has 0 saturated heterocycles. The van der Waals surface area contributed by atoms with Crippen molar-refractivity contribution in [3.05, 3.63) is 40.9 Å². The van der Waals surface area contributed by atoms with Crippen molar-refractivity contribution in [2.24, 2.45) is 0 Å². The van der Waals surface area contributed by atoms with E-state index in [1.165, 1.54) is 5.39 Å².